The van der Waals surface area contributed by atoms with Gasteiger partial charge in [0.2, 0.25) is 0 Å². The van der Waals surface area contributed by atoms with Crippen LogP contribution in [0.2, 0.25) is 0 Å². The molecule has 0 aromatic heterocycles. The molecule has 13 heavy (non-hydrogen) atoms. The molecule has 0 fully saturated rings. The van der Waals surface area contributed by atoms with Crippen LogP contribution in [0.3, 0.4) is 0 Å². The van der Waals surface area contributed by atoms with Gasteiger partial charge >= 0.3 is 0 Å². The average Bonchev–Trinajstić information content (AvgIpc) is 2.07. The number of sulfone groups is 1. The molecule has 1 aromatic rings. The van der Waals surface area contributed by atoms with Crippen LogP contribution in [0, 0.1) is 5.82 Å². The zero-order valence-corrected chi connectivity index (χ0v) is 8.73. The van der Waals surface area contributed by atoms with Crippen molar-refractivity contribution in [3.63, 3.8) is 0 Å². The molecule has 0 bridgehead atoms. The predicted molar refractivity (Wildman–Crippen MR) is 50.9 cm³/mol. The zero-order valence-electron chi connectivity index (χ0n) is 7.91. The van der Waals surface area contributed by atoms with Crippen LogP contribution in [-0.4, -0.2) is 14.7 Å². The number of halogens is 1. The molecular formula is C9H13FO2S. The second-order valence-electron chi connectivity index (χ2n) is 2.20. The first kappa shape index (κ1) is 12.1. The molecule has 0 atom stereocenters. The Bertz CT molecular complexity index is 358. The largest absolute Gasteiger partial charge is 0.224 e. The third kappa shape index (κ3) is 3.55. The summed E-state index contributed by atoms with van der Waals surface area (Å²) in [6.45, 7) is 4.00. The number of rotatable bonds is 1. The van der Waals surface area contributed by atoms with Gasteiger partial charge in [-0.1, -0.05) is 26.0 Å². The Labute approximate surface area is 78.3 Å². The zero-order chi connectivity index (χ0) is 10.5. The second-order valence-corrected chi connectivity index (χ2v) is 4.19. The lowest BCUT2D eigenvalue weighted by Gasteiger charge is -1.97. The van der Waals surface area contributed by atoms with Gasteiger partial charge in [0.1, 0.15) is 10.7 Å². The third-order valence-corrected chi connectivity index (χ3v) is 2.37. The first-order chi connectivity index (χ1) is 6.02. The number of hydrogen-bond acceptors (Lipinski definition) is 2. The summed E-state index contributed by atoms with van der Waals surface area (Å²) in [5.74, 6) is -0.699. The van der Waals surface area contributed by atoms with Gasteiger partial charge in [-0.05, 0) is 12.1 Å². The van der Waals surface area contributed by atoms with Gasteiger partial charge in [0.05, 0.1) is 0 Å². The van der Waals surface area contributed by atoms with Gasteiger partial charge < -0.3 is 0 Å². The maximum absolute atomic E-state index is 12.7. The molecule has 0 aliphatic carbocycles. The van der Waals surface area contributed by atoms with Crippen molar-refractivity contribution in [1.29, 1.82) is 0 Å². The van der Waals surface area contributed by atoms with Gasteiger partial charge in [0.25, 0.3) is 0 Å². The summed E-state index contributed by atoms with van der Waals surface area (Å²) in [5, 5.41) is 0. The van der Waals surface area contributed by atoms with Crippen LogP contribution >= 0.6 is 0 Å². The molecule has 4 heteroatoms. The van der Waals surface area contributed by atoms with E-state index in [0.717, 1.165) is 12.3 Å². The lowest BCUT2D eigenvalue weighted by atomic mass is 10.4. The van der Waals surface area contributed by atoms with Gasteiger partial charge in [-0.3, -0.25) is 0 Å². The maximum atomic E-state index is 12.7. The van der Waals surface area contributed by atoms with Crippen molar-refractivity contribution in [2.45, 2.75) is 18.7 Å². The minimum Gasteiger partial charge on any atom is -0.224 e. The summed E-state index contributed by atoms with van der Waals surface area (Å²) in [7, 11) is -3.41. The molecule has 74 valence electrons. The van der Waals surface area contributed by atoms with Crippen molar-refractivity contribution in [2.24, 2.45) is 0 Å². The Morgan fingerprint density at radius 1 is 1.15 bits per heavy atom. The summed E-state index contributed by atoms with van der Waals surface area (Å²) in [4.78, 5) is -0.250. The average molecular weight is 204 g/mol. The van der Waals surface area contributed by atoms with Crippen LogP contribution in [0.25, 0.3) is 0 Å². The van der Waals surface area contributed by atoms with Gasteiger partial charge in [-0.2, -0.15) is 0 Å². The van der Waals surface area contributed by atoms with Crippen LogP contribution in [0.1, 0.15) is 13.8 Å². The molecule has 0 saturated heterocycles. The van der Waals surface area contributed by atoms with Gasteiger partial charge in [0, 0.05) is 6.26 Å². The van der Waals surface area contributed by atoms with Crippen LogP contribution in [0.5, 0.6) is 0 Å². The van der Waals surface area contributed by atoms with Crippen molar-refractivity contribution in [3.05, 3.63) is 30.1 Å². The van der Waals surface area contributed by atoms with Crippen molar-refractivity contribution < 1.29 is 12.8 Å². The van der Waals surface area contributed by atoms with E-state index >= 15 is 0 Å². The highest BCUT2D eigenvalue weighted by molar-refractivity contribution is 7.90. The topological polar surface area (TPSA) is 34.1 Å². The highest BCUT2D eigenvalue weighted by Crippen LogP contribution is 2.12. The van der Waals surface area contributed by atoms with Crippen LogP contribution in [0.4, 0.5) is 4.39 Å². The van der Waals surface area contributed by atoms with E-state index in [9.17, 15) is 12.8 Å². The minimum absolute atomic E-state index is 0.250. The molecule has 1 aromatic carbocycles. The van der Waals surface area contributed by atoms with Crippen molar-refractivity contribution in [2.75, 3.05) is 6.26 Å². The van der Waals surface area contributed by atoms with Gasteiger partial charge in [-0.25, -0.2) is 12.8 Å². The molecule has 0 spiro atoms. The fourth-order valence-electron chi connectivity index (χ4n) is 0.745. The van der Waals surface area contributed by atoms with E-state index in [1.807, 2.05) is 13.8 Å². The van der Waals surface area contributed by atoms with Crippen molar-refractivity contribution >= 4 is 9.84 Å². The summed E-state index contributed by atoms with van der Waals surface area (Å²) in [6, 6.07) is 5.30. The second kappa shape index (κ2) is 4.97. The fraction of sp³-hybridized carbons (Fsp3) is 0.333. The SMILES string of the molecule is CC.CS(=O)(=O)c1ccccc1F. The Morgan fingerprint density at radius 2 is 1.62 bits per heavy atom. The standard InChI is InChI=1S/C7H7FO2S.C2H6/c1-11(9,10)7-5-3-2-4-6(7)8;1-2/h2-5H,1H3;1-2H3. The monoisotopic (exact) mass is 204 g/mol. The molecule has 2 nitrogen and oxygen atoms in total. The van der Waals surface area contributed by atoms with Crippen LogP contribution in [0.15, 0.2) is 29.2 Å². The summed E-state index contributed by atoms with van der Waals surface area (Å²) in [5.41, 5.74) is 0. The smallest absolute Gasteiger partial charge is 0.178 e. The molecule has 0 amide bonds. The predicted octanol–water partition coefficient (Wildman–Crippen LogP) is 2.26. The van der Waals surface area contributed by atoms with E-state index in [1.54, 1.807) is 0 Å². The molecule has 0 N–H and O–H groups in total. The van der Waals surface area contributed by atoms with E-state index in [2.05, 4.69) is 0 Å². The van der Waals surface area contributed by atoms with E-state index in [-0.39, 0.29) is 4.90 Å². The molecule has 0 unspecified atom stereocenters. The quantitative estimate of drug-likeness (QED) is 0.703. The summed E-state index contributed by atoms with van der Waals surface area (Å²) >= 11 is 0. The van der Waals surface area contributed by atoms with E-state index in [4.69, 9.17) is 0 Å². The Kier molecular flexibility index (Phi) is 4.62. The minimum atomic E-state index is -3.41. The summed E-state index contributed by atoms with van der Waals surface area (Å²) in [6.07, 6.45) is 0.978. The Morgan fingerprint density at radius 3 is 1.92 bits per heavy atom. The van der Waals surface area contributed by atoms with Crippen LogP contribution in [-0.2, 0) is 9.84 Å². The van der Waals surface area contributed by atoms with E-state index in [1.165, 1.54) is 18.2 Å². The molecule has 0 aliphatic rings. The number of benzene rings is 1. The Balaban J connectivity index is 0.000000671. The van der Waals surface area contributed by atoms with Crippen molar-refractivity contribution in [3.8, 4) is 0 Å². The molecule has 0 saturated carbocycles. The normalized spacial score (nSPS) is 10.2. The first-order valence-electron chi connectivity index (χ1n) is 3.96. The molecule has 0 aliphatic heterocycles. The highest BCUT2D eigenvalue weighted by atomic mass is 32.2. The van der Waals surface area contributed by atoms with Gasteiger partial charge in [0.15, 0.2) is 9.84 Å². The highest BCUT2D eigenvalue weighted by Gasteiger charge is 2.10. The Hall–Kier alpha value is -0.900. The van der Waals surface area contributed by atoms with Gasteiger partial charge in [-0.15, -0.1) is 0 Å². The van der Waals surface area contributed by atoms with Crippen LogP contribution < -0.4 is 0 Å². The first-order valence-corrected chi connectivity index (χ1v) is 5.85. The lowest BCUT2D eigenvalue weighted by molar-refractivity contribution is 0.571. The van der Waals surface area contributed by atoms with E-state index in [0.29, 0.717) is 0 Å². The summed E-state index contributed by atoms with van der Waals surface area (Å²) < 4.78 is 34.3. The molecule has 0 radical (unpaired) electrons. The maximum Gasteiger partial charge on any atom is 0.178 e. The van der Waals surface area contributed by atoms with E-state index < -0.39 is 15.7 Å². The number of hydrogen-bond donors (Lipinski definition) is 0. The third-order valence-electron chi connectivity index (χ3n) is 1.24. The molecule has 1 rings (SSSR count). The molecular weight excluding hydrogens is 191 g/mol. The van der Waals surface area contributed by atoms with Crippen molar-refractivity contribution in [1.82, 2.24) is 0 Å². The fourth-order valence-corrected chi connectivity index (χ4v) is 1.49. The molecule has 0 heterocycles. The lowest BCUT2D eigenvalue weighted by Crippen LogP contribution is -1.99.